The summed E-state index contributed by atoms with van der Waals surface area (Å²) in [5, 5.41) is 13.4. The van der Waals surface area contributed by atoms with Gasteiger partial charge in [-0.1, -0.05) is 48.5 Å². The molecule has 3 aromatic carbocycles. The highest BCUT2D eigenvalue weighted by atomic mass is 32.2. The zero-order valence-electron chi connectivity index (χ0n) is 21.0. The molecule has 0 spiro atoms. The Morgan fingerprint density at radius 3 is 2.24 bits per heavy atom. The number of carbonyl (C=O) groups is 2. The molecule has 0 fully saturated rings. The molecule has 198 valence electrons. The molecular formula is C28H28N2O7S. The van der Waals surface area contributed by atoms with Gasteiger partial charge in [-0.2, -0.15) is 4.31 Å². The summed E-state index contributed by atoms with van der Waals surface area (Å²) in [6.45, 7) is 0.450. The number of sulfonamides is 1. The molecule has 10 heteroatoms. The van der Waals surface area contributed by atoms with Gasteiger partial charge in [0.15, 0.2) is 17.3 Å². The summed E-state index contributed by atoms with van der Waals surface area (Å²) in [5.41, 5.74) is 3.18. The minimum atomic E-state index is -4.48. The van der Waals surface area contributed by atoms with Crippen molar-refractivity contribution in [2.45, 2.75) is 42.4 Å². The lowest BCUT2D eigenvalue weighted by Crippen LogP contribution is -2.56. The molecule has 0 aliphatic carbocycles. The van der Waals surface area contributed by atoms with Crippen LogP contribution in [0.1, 0.15) is 28.3 Å². The average Bonchev–Trinajstić information content (AvgIpc) is 2.94. The summed E-state index contributed by atoms with van der Waals surface area (Å²) < 4.78 is 39.7. The van der Waals surface area contributed by atoms with Crippen molar-refractivity contribution < 1.29 is 32.6 Å². The fraction of sp³-hybridized carbons (Fsp3) is 0.286. The second kappa shape index (κ2) is 10.2. The van der Waals surface area contributed by atoms with Gasteiger partial charge in [-0.15, -0.1) is 0 Å². The predicted molar refractivity (Wildman–Crippen MR) is 139 cm³/mol. The molecule has 2 unspecified atom stereocenters. The number of benzene rings is 3. The Bertz CT molecular complexity index is 1500. The molecule has 0 bridgehead atoms. The SMILES string of the molecule is COc1ccc(S(=O)(=O)N2C(C(=O)C3Cc4ccccc4CN3)c3ccccc3C[C@H]2C(=O)O)cc1OC. The third kappa shape index (κ3) is 4.44. The quantitative estimate of drug-likeness (QED) is 0.473. The molecule has 2 aliphatic rings. The van der Waals surface area contributed by atoms with E-state index in [1.165, 1.54) is 32.4 Å². The van der Waals surface area contributed by atoms with Crippen molar-refractivity contribution in [3.05, 3.63) is 89.0 Å². The number of hydrogen-bond donors (Lipinski definition) is 2. The van der Waals surface area contributed by atoms with Gasteiger partial charge < -0.3 is 19.9 Å². The first-order chi connectivity index (χ1) is 18.3. The van der Waals surface area contributed by atoms with Gasteiger partial charge in [0.2, 0.25) is 10.0 Å². The monoisotopic (exact) mass is 536 g/mol. The number of fused-ring (bicyclic) bond motifs is 2. The molecular weight excluding hydrogens is 508 g/mol. The first-order valence-corrected chi connectivity index (χ1v) is 13.6. The molecule has 9 nitrogen and oxygen atoms in total. The van der Waals surface area contributed by atoms with Crippen molar-refractivity contribution in [1.82, 2.24) is 9.62 Å². The van der Waals surface area contributed by atoms with Crippen LogP contribution < -0.4 is 14.8 Å². The van der Waals surface area contributed by atoms with Crippen molar-refractivity contribution in [2.75, 3.05) is 14.2 Å². The number of nitrogens with zero attached hydrogens (tertiary/aromatic N) is 1. The van der Waals surface area contributed by atoms with Crippen LogP contribution in [0.3, 0.4) is 0 Å². The van der Waals surface area contributed by atoms with Gasteiger partial charge >= 0.3 is 5.97 Å². The number of aliphatic carboxylic acids is 1. The maximum Gasteiger partial charge on any atom is 0.322 e. The normalized spacial score (nSPS) is 21.2. The van der Waals surface area contributed by atoms with Crippen LogP contribution in [0.15, 0.2) is 71.6 Å². The van der Waals surface area contributed by atoms with Crippen molar-refractivity contribution in [3.63, 3.8) is 0 Å². The topological polar surface area (TPSA) is 122 Å². The fourth-order valence-corrected chi connectivity index (χ4v) is 7.06. The maximum atomic E-state index is 14.2. The third-order valence-electron chi connectivity index (χ3n) is 7.23. The molecule has 2 N–H and O–H groups in total. The highest BCUT2D eigenvalue weighted by Gasteiger charge is 2.50. The Hall–Kier alpha value is -3.73. The number of ether oxygens (including phenoxy) is 2. The standard InChI is InChI=1S/C28H28N2O7S/c1-36-24-12-11-20(15-25(24)37-2)38(34,35)30-23(28(32)33)14-18-8-5-6-10-21(18)26(30)27(31)22-13-17-7-3-4-9-19(17)16-29-22/h3-12,15,22-23,26,29H,13-14,16H2,1-2H3,(H,32,33)/t22?,23-,26?/m0/s1. The van der Waals surface area contributed by atoms with Crippen LogP contribution in [0, 0.1) is 0 Å². The van der Waals surface area contributed by atoms with Crippen molar-refractivity contribution in [3.8, 4) is 11.5 Å². The lowest BCUT2D eigenvalue weighted by atomic mass is 9.84. The van der Waals surface area contributed by atoms with E-state index in [9.17, 15) is 23.1 Å². The zero-order chi connectivity index (χ0) is 27.0. The smallest absolute Gasteiger partial charge is 0.322 e. The van der Waals surface area contributed by atoms with Crippen LogP contribution in [-0.2, 0) is 39.0 Å². The van der Waals surface area contributed by atoms with Crippen LogP contribution in [-0.4, -0.2) is 55.9 Å². The summed E-state index contributed by atoms with van der Waals surface area (Å²) in [4.78, 5) is 26.5. The van der Waals surface area contributed by atoms with E-state index in [0.717, 1.165) is 15.4 Å². The van der Waals surface area contributed by atoms with E-state index in [0.29, 0.717) is 29.8 Å². The third-order valence-corrected chi connectivity index (χ3v) is 9.10. The Morgan fingerprint density at radius 2 is 1.55 bits per heavy atom. The van der Waals surface area contributed by atoms with Gasteiger partial charge in [0, 0.05) is 19.0 Å². The predicted octanol–water partition coefficient (Wildman–Crippen LogP) is 2.73. The Morgan fingerprint density at radius 1 is 0.895 bits per heavy atom. The van der Waals surface area contributed by atoms with Gasteiger partial charge in [-0.3, -0.25) is 9.59 Å². The first kappa shape index (κ1) is 25.9. The summed E-state index contributed by atoms with van der Waals surface area (Å²) in [6, 6.07) is 15.2. The number of nitrogens with one attached hydrogen (secondary N) is 1. The Balaban J connectivity index is 1.64. The second-order valence-electron chi connectivity index (χ2n) is 9.32. The Labute approximate surface area is 221 Å². The van der Waals surface area contributed by atoms with Crippen molar-refractivity contribution in [2.24, 2.45) is 0 Å². The number of methoxy groups -OCH3 is 2. The minimum absolute atomic E-state index is 0.0667. The van der Waals surface area contributed by atoms with E-state index in [1.54, 1.807) is 24.3 Å². The number of rotatable bonds is 7. The molecule has 0 aromatic heterocycles. The van der Waals surface area contributed by atoms with Crippen LogP contribution >= 0.6 is 0 Å². The van der Waals surface area contributed by atoms with E-state index in [2.05, 4.69) is 5.32 Å². The molecule has 3 aromatic rings. The fourth-order valence-electron chi connectivity index (χ4n) is 5.33. The zero-order valence-corrected chi connectivity index (χ0v) is 21.8. The summed E-state index contributed by atoms with van der Waals surface area (Å²) in [6.07, 6.45) is 0.304. The lowest BCUT2D eigenvalue weighted by molar-refractivity contribution is -0.143. The molecule has 2 aliphatic heterocycles. The lowest BCUT2D eigenvalue weighted by Gasteiger charge is -2.41. The van der Waals surface area contributed by atoms with Crippen molar-refractivity contribution >= 4 is 21.8 Å². The summed E-state index contributed by atoms with van der Waals surface area (Å²) in [5.74, 6) is -1.24. The number of hydrogen-bond acceptors (Lipinski definition) is 7. The number of carboxylic acids is 1. The van der Waals surface area contributed by atoms with Gasteiger partial charge in [0.1, 0.15) is 12.1 Å². The van der Waals surface area contributed by atoms with Crippen LogP contribution in [0.2, 0.25) is 0 Å². The van der Waals surface area contributed by atoms with Gasteiger partial charge in [0.05, 0.1) is 25.2 Å². The molecule has 0 radical (unpaired) electrons. The number of carboxylic acid groups (broad SMARTS) is 1. The van der Waals surface area contributed by atoms with Crippen LogP contribution in [0.25, 0.3) is 0 Å². The molecule has 38 heavy (non-hydrogen) atoms. The first-order valence-electron chi connectivity index (χ1n) is 12.2. The molecule has 0 amide bonds. The van der Waals surface area contributed by atoms with Gasteiger partial charge in [-0.05, 0) is 40.8 Å². The van der Waals surface area contributed by atoms with Crippen molar-refractivity contribution in [1.29, 1.82) is 0 Å². The summed E-state index contributed by atoms with van der Waals surface area (Å²) in [7, 11) is -1.67. The van der Waals surface area contributed by atoms with E-state index >= 15 is 0 Å². The number of ketones is 1. The largest absolute Gasteiger partial charge is 0.493 e. The highest BCUT2D eigenvalue weighted by Crippen LogP contribution is 2.41. The molecule has 3 atom stereocenters. The summed E-state index contributed by atoms with van der Waals surface area (Å²) >= 11 is 0. The van der Waals surface area contributed by atoms with Crippen LogP contribution in [0.4, 0.5) is 0 Å². The van der Waals surface area contributed by atoms with Gasteiger partial charge in [-0.25, -0.2) is 8.42 Å². The van der Waals surface area contributed by atoms with Gasteiger partial charge in [0.25, 0.3) is 0 Å². The van der Waals surface area contributed by atoms with E-state index in [-0.39, 0.29) is 17.1 Å². The highest BCUT2D eigenvalue weighted by molar-refractivity contribution is 7.89. The second-order valence-corrected chi connectivity index (χ2v) is 11.2. The van der Waals surface area contributed by atoms with E-state index in [1.807, 2.05) is 24.3 Å². The number of carbonyl (C=O) groups excluding carboxylic acids is 1. The average molecular weight is 537 g/mol. The number of Topliss-reactive ketones (excluding diaryl/α,β-unsaturated/α-hetero) is 1. The Kier molecular flexibility index (Phi) is 6.95. The van der Waals surface area contributed by atoms with E-state index in [4.69, 9.17) is 9.47 Å². The maximum absolute atomic E-state index is 14.2. The molecule has 2 heterocycles. The molecule has 0 saturated carbocycles. The molecule has 5 rings (SSSR count). The molecule has 0 saturated heterocycles. The van der Waals surface area contributed by atoms with Crippen LogP contribution in [0.5, 0.6) is 11.5 Å². The minimum Gasteiger partial charge on any atom is -0.493 e. The van der Waals surface area contributed by atoms with E-state index < -0.39 is 39.9 Å².